The largest absolute Gasteiger partial charge is 1.00 e. The molecule has 130 valence electrons. The molecule has 0 saturated heterocycles. The fourth-order valence-corrected chi connectivity index (χ4v) is 5.96. The van der Waals surface area contributed by atoms with Crippen molar-refractivity contribution in [1.29, 1.82) is 0 Å². The molecule has 0 spiro atoms. The summed E-state index contributed by atoms with van der Waals surface area (Å²) in [5.74, 6) is 2.63. The molecule has 26 heavy (non-hydrogen) atoms. The Hall–Kier alpha value is -1.45. The summed E-state index contributed by atoms with van der Waals surface area (Å²) in [6.45, 7) is 4.06. The molecule has 4 heteroatoms. The molecule has 0 heterocycles. The van der Waals surface area contributed by atoms with E-state index in [-0.39, 0.29) is 36.5 Å². The SMILES string of the molecule is CC1=C([O-])CC[C@H]1[C@H](C)/C=C/P(=O)(c1ccccc1)c1ccccc1.[Li+]. The van der Waals surface area contributed by atoms with E-state index in [0.717, 1.165) is 22.6 Å². The second kappa shape index (κ2) is 8.96. The topological polar surface area (TPSA) is 40.1 Å². The third-order valence-electron chi connectivity index (χ3n) is 5.19. The van der Waals surface area contributed by atoms with Crippen LogP contribution in [0.2, 0.25) is 0 Å². The van der Waals surface area contributed by atoms with Crippen LogP contribution in [0.1, 0.15) is 26.7 Å². The van der Waals surface area contributed by atoms with E-state index in [9.17, 15) is 9.67 Å². The van der Waals surface area contributed by atoms with Gasteiger partial charge in [-0.1, -0.05) is 79.2 Å². The minimum atomic E-state index is -2.83. The molecule has 0 N–H and O–H groups in total. The van der Waals surface area contributed by atoms with Crippen molar-refractivity contribution in [2.24, 2.45) is 11.8 Å². The number of benzene rings is 2. The summed E-state index contributed by atoms with van der Waals surface area (Å²) in [6.07, 6.45) is 3.59. The molecule has 1 aliphatic rings. The monoisotopic (exact) mass is 358 g/mol. The van der Waals surface area contributed by atoms with Gasteiger partial charge in [-0.15, -0.1) is 5.76 Å². The first-order valence-electron chi connectivity index (χ1n) is 8.79. The van der Waals surface area contributed by atoms with Crippen LogP contribution in [0.15, 0.2) is 83.9 Å². The average Bonchev–Trinajstić information content (AvgIpc) is 3.00. The minimum absolute atomic E-state index is 0. The second-order valence-electron chi connectivity index (χ2n) is 6.78. The van der Waals surface area contributed by atoms with E-state index >= 15 is 0 Å². The molecule has 2 aromatic rings. The maximum atomic E-state index is 13.9. The molecule has 2 nitrogen and oxygen atoms in total. The Morgan fingerprint density at radius 2 is 1.54 bits per heavy atom. The van der Waals surface area contributed by atoms with Gasteiger partial charge in [-0.25, -0.2) is 0 Å². The van der Waals surface area contributed by atoms with E-state index in [4.69, 9.17) is 0 Å². The molecular formula is C22H24LiO2P. The van der Waals surface area contributed by atoms with Crippen molar-refractivity contribution < 1.29 is 28.5 Å². The van der Waals surface area contributed by atoms with Gasteiger partial charge in [0, 0.05) is 10.6 Å². The van der Waals surface area contributed by atoms with Crippen LogP contribution >= 0.6 is 7.14 Å². The molecule has 1 aliphatic carbocycles. The summed E-state index contributed by atoms with van der Waals surface area (Å²) in [7, 11) is -2.83. The predicted octanol–water partition coefficient (Wildman–Crippen LogP) is 1.20. The number of hydrogen-bond donors (Lipinski definition) is 0. The van der Waals surface area contributed by atoms with Gasteiger partial charge in [0.25, 0.3) is 0 Å². The van der Waals surface area contributed by atoms with Gasteiger partial charge < -0.3 is 9.67 Å². The summed E-state index contributed by atoms with van der Waals surface area (Å²) in [4.78, 5) is 0. The second-order valence-corrected chi connectivity index (χ2v) is 9.43. The van der Waals surface area contributed by atoms with E-state index in [0.29, 0.717) is 6.42 Å². The van der Waals surface area contributed by atoms with E-state index in [1.165, 1.54) is 0 Å². The van der Waals surface area contributed by atoms with E-state index < -0.39 is 7.14 Å². The smallest absolute Gasteiger partial charge is 0.875 e. The van der Waals surface area contributed by atoms with Gasteiger partial charge in [-0.3, -0.25) is 0 Å². The summed E-state index contributed by atoms with van der Waals surface area (Å²) in [5, 5.41) is 13.5. The minimum Gasteiger partial charge on any atom is -0.875 e. The van der Waals surface area contributed by atoms with Crippen LogP contribution in [0.5, 0.6) is 0 Å². The summed E-state index contributed by atoms with van der Waals surface area (Å²) in [5.41, 5.74) is 0.964. The van der Waals surface area contributed by atoms with Gasteiger partial charge in [0.1, 0.15) is 0 Å². The van der Waals surface area contributed by atoms with Crippen LogP contribution in [0, 0.1) is 11.8 Å². The van der Waals surface area contributed by atoms with Crippen molar-refractivity contribution >= 4 is 17.8 Å². The third kappa shape index (κ3) is 4.26. The molecule has 0 radical (unpaired) electrons. The van der Waals surface area contributed by atoms with E-state index in [1.807, 2.05) is 79.5 Å². The van der Waals surface area contributed by atoms with Gasteiger partial charge in [-0.2, -0.15) is 0 Å². The number of rotatable bonds is 5. The number of hydrogen-bond acceptors (Lipinski definition) is 2. The molecule has 0 unspecified atom stereocenters. The number of allylic oxidation sites excluding steroid dienone is 3. The van der Waals surface area contributed by atoms with Crippen LogP contribution < -0.4 is 34.6 Å². The molecule has 0 bridgehead atoms. The maximum absolute atomic E-state index is 13.9. The zero-order chi connectivity index (χ0) is 17.9. The van der Waals surface area contributed by atoms with Crippen molar-refractivity contribution in [3.63, 3.8) is 0 Å². The Balaban J connectivity index is 0.00000243. The van der Waals surface area contributed by atoms with E-state index in [1.54, 1.807) is 0 Å². The van der Waals surface area contributed by atoms with Crippen LogP contribution in [-0.4, -0.2) is 0 Å². The van der Waals surface area contributed by atoms with Crippen molar-refractivity contribution in [2.45, 2.75) is 26.7 Å². The van der Waals surface area contributed by atoms with Crippen LogP contribution in [0.3, 0.4) is 0 Å². The molecular weight excluding hydrogens is 334 g/mol. The van der Waals surface area contributed by atoms with Gasteiger partial charge in [-0.05, 0) is 37.4 Å². The molecule has 0 aliphatic heterocycles. The molecule has 3 rings (SSSR count). The quantitative estimate of drug-likeness (QED) is 0.595. The fourth-order valence-electron chi connectivity index (χ4n) is 3.58. The Morgan fingerprint density at radius 3 is 1.96 bits per heavy atom. The van der Waals surface area contributed by atoms with Crippen molar-refractivity contribution in [3.05, 3.63) is 83.9 Å². The van der Waals surface area contributed by atoms with Crippen LogP contribution in [0.25, 0.3) is 0 Å². The van der Waals surface area contributed by atoms with Crippen molar-refractivity contribution in [1.82, 2.24) is 0 Å². The Labute approximate surface area is 168 Å². The van der Waals surface area contributed by atoms with Crippen molar-refractivity contribution in [3.8, 4) is 0 Å². The standard InChI is InChI=1S/C22H25O2P.Li/c1-17(21-13-14-22(23)18(21)2)15-16-25(24,19-9-5-3-6-10-19)20-11-7-4-8-12-20;/h3-12,15-17,21,23H,13-14H2,1-2H3;/q;+1/p-1/b16-15+;/t17-,21+;/m1./s1. The average molecular weight is 358 g/mol. The maximum Gasteiger partial charge on any atom is 1.00 e. The first-order chi connectivity index (χ1) is 12.0. The van der Waals surface area contributed by atoms with Gasteiger partial charge in [0.2, 0.25) is 0 Å². The molecule has 0 saturated carbocycles. The predicted molar refractivity (Wildman–Crippen MR) is 103 cm³/mol. The normalized spacial score (nSPS) is 18.8. The van der Waals surface area contributed by atoms with E-state index in [2.05, 4.69) is 6.92 Å². The zero-order valence-electron chi connectivity index (χ0n) is 15.8. The summed E-state index contributed by atoms with van der Waals surface area (Å²) in [6, 6.07) is 19.3. The van der Waals surface area contributed by atoms with Crippen LogP contribution in [-0.2, 0) is 4.57 Å². The molecule has 2 aromatic carbocycles. The Morgan fingerprint density at radius 1 is 1.04 bits per heavy atom. The van der Waals surface area contributed by atoms with Crippen LogP contribution in [0.4, 0.5) is 0 Å². The third-order valence-corrected chi connectivity index (χ3v) is 7.91. The van der Waals surface area contributed by atoms with Gasteiger partial charge in [0.15, 0.2) is 7.14 Å². The molecule has 0 fully saturated rings. The van der Waals surface area contributed by atoms with Crippen molar-refractivity contribution in [2.75, 3.05) is 0 Å². The molecule has 0 aromatic heterocycles. The zero-order valence-corrected chi connectivity index (χ0v) is 16.7. The summed E-state index contributed by atoms with van der Waals surface area (Å²) >= 11 is 0. The molecule has 0 amide bonds. The van der Waals surface area contributed by atoms with Gasteiger partial charge in [0.05, 0.1) is 0 Å². The Bertz CT molecular complexity index is 784. The van der Waals surface area contributed by atoms with Gasteiger partial charge >= 0.3 is 18.9 Å². The summed E-state index contributed by atoms with van der Waals surface area (Å²) < 4.78 is 13.9. The molecule has 2 atom stereocenters. The first-order valence-corrected chi connectivity index (χ1v) is 10.6. The first kappa shape index (κ1) is 20.9. The fraction of sp³-hybridized carbons (Fsp3) is 0.273. The Kier molecular flexibility index (Phi) is 7.19.